The van der Waals surface area contributed by atoms with E-state index in [4.69, 9.17) is 0 Å². The van der Waals surface area contributed by atoms with Gasteiger partial charge in [0.25, 0.3) is 0 Å². The first kappa shape index (κ1) is 13.1. The number of rotatable bonds is 3. The Morgan fingerprint density at radius 3 is 2.53 bits per heavy atom. The standard InChI is InChI=1S/C10H18N2OS.ClH/c1-14-6-10(13)12-9-4-7-2-3-8(5-9)11-7;/h7-9,11H,2-6H2,1H3,(H,12,13);1H. The van der Waals surface area contributed by atoms with Gasteiger partial charge in [0.05, 0.1) is 5.75 Å². The fourth-order valence-corrected chi connectivity index (χ4v) is 2.92. The highest BCUT2D eigenvalue weighted by Crippen LogP contribution is 2.26. The molecule has 1 amide bonds. The fraction of sp³-hybridized carbons (Fsp3) is 0.900. The molecular weight excluding hydrogens is 232 g/mol. The quantitative estimate of drug-likeness (QED) is 0.790. The minimum Gasteiger partial charge on any atom is -0.353 e. The van der Waals surface area contributed by atoms with E-state index in [2.05, 4.69) is 10.6 Å². The third kappa shape index (κ3) is 3.54. The number of hydrogen-bond acceptors (Lipinski definition) is 3. The molecular formula is C10H19ClN2OS. The number of fused-ring (bicyclic) bond motifs is 2. The molecule has 2 rings (SSSR count). The van der Waals surface area contributed by atoms with E-state index in [1.807, 2.05) is 6.26 Å². The summed E-state index contributed by atoms with van der Waals surface area (Å²) in [6, 6.07) is 1.75. The Kier molecular flexibility index (Phi) is 5.23. The van der Waals surface area contributed by atoms with Crippen molar-refractivity contribution in [2.24, 2.45) is 0 Å². The fourth-order valence-electron chi connectivity index (χ4n) is 2.58. The molecule has 5 heteroatoms. The first-order valence-corrected chi connectivity index (χ1v) is 6.71. The molecule has 0 aliphatic carbocycles. The number of halogens is 1. The van der Waals surface area contributed by atoms with E-state index in [9.17, 15) is 4.79 Å². The van der Waals surface area contributed by atoms with Crippen LogP contribution in [0.1, 0.15) is 25.7 Å². The van der Waals surface area contributed by atoms with Gasteiger partial charge < -0.3 is 10.6 Å². The van der Waals surface area contributed by atoms with Crippen molar-refractivity contribution < 1.29 is 4.79 Å². The van der Waals surface area contributed by atoms with Crippen molar-refractivity contribution in [3.63, 3.8) is 0 Å². The van der Waals surface area contributed by atoms with Crippen LogP contribution in [-0.2, 0) is 4.79 Å². The number of carbonyl (C=O) groups excluding carboxylic acids is 1. The van der Waals surface area contributed by atoms with Crippen molar-refractivity contribution in [1.29, 1.82) is 0 Å². The van der Waals surface area contributed by atoms with Crippen molar-refractivity contribution in [3.8, 4) is 0 Å². The maximum atomic E-state index is 11.4. The zero-order valence-electron chi connectivity index (χ0n) is 8.99. The van der Waals surface area contributed by atoms with E-state index in [0.29, 0.717) is 23.9 Å². The van der Waals surface area contributed by atoms with Gasteiger partial charge in [0.15, 0.2) is 0 Å². The van der Waals surface area contributed by atoms with Gasteiger partial charge in [0.2, 0.25) is 5.91 Å². The van der Waals surface area contributed by atoms with Crippen molar-refractivity contribution >= 4 is 30.1 Å². The molecule has 2 bridgehead atoms. The maximum absolute atomic E-state index is 11.4. The molecule has 2 N–H and O–H groups in total. The summed E-state index contributed by atoms with van der Waals surface area (Å²) in [5, 5.41) is 6.69. The zero-order valence-corrected chi connectivity index (χ0v) is 10.6. The van der Waals surface area contributed by atoms with Crippen molar-refractivity contribution in [2.45, 2.75) is 43.8 Å². The highest BCUT2D eigenvalue weighted by atomic mass is 35.5. The van der Waals surface area contributed by atoms with Crippen molar-refractivity contribution in [3.05, 3.63) is 0 Å². The predicted molar refractivity (Wildman–Crippen MR) is 66.7 cm³/mol. The predicted octanol–water partition coefficient (Wildman–Crippen LogP) is 1.17. The van der Waals surface area contributed by atoms with Crippen LogP contribution in [0.2, 0.25) is 0 Å². The molecule has 2 aliphatic heterocycles. The number of piperidine rings is 1. The molecule has 3 nitrogen and oxygen atoms in total. The molecule has 15 heavy (non-hydrogen) atoms. The molecule has 0 spiro atoms. The molecule has 2 unspecified atom stereocenters. The van der Waals surface area contributed by atoms with Gasteiger partial charge in [-0.3, -0.25) is 4.79 Å². The van der Waals surface area contributed by atoms with Crippen molar-refractivity contribution in [2.75, 3.05) is 12.0 Å². The summed E-state index contributed by atoms with van der Waals surface area (Å²) < 4.78 is 0. The first-order chi connectivity index (χ1) is 6.78. The molecule has 88 valence electrons. The van der Waals surface area contributed by atoms with E-state index < -0.39 is 0 Å². The number of amides is 1. The molecule has 0 aromatic carbocycles. The van der Waals surface area contributed by atoms with Crippen LogP contribution in [0.4, 0.5) is 0 Å². The van der Waals surface area contributed by atoms with Crippen LogP contribution in [-0.4, -0.2) is 36.0 Å². The van der Waals surface area contributed by atoms with E-state index in [1.54, 1.807) is 11.8 Å². The summed E-state index contributed by atoms with van der Waals surface area (Å²) in [5.41, 5.74) is 0. The minimum atomic E-state index is 0. The highest BCUT2D eigenvalue weighted by Gasteiger charge is 2.33. The minimum absolute atomic E-state index is 0. The maximum Gasteiger partial charge on any atom is 0.230 e. The van der Waals surface area contributed by atoms with E-state index >= 15 is 0 Å². The van der Waals surface area contributed by atoms with Gasteiger partial charge in [-0.05, 0) is 31.9 Å². The molecule has 0 saturated carbocycles. The Labute approximate surface area is 102 Å². The van der Waals surface area contributed by atoms with Gasteiger partial charge in [-0.1, -0.05) is 0 Å². The van der Waals surface area contributed by atoms with Crippen molar-refractivity contribution in [1.82, 2.24) is 10.6 Å². The van der Waals surface area contributed by atoms with Crippen LogP contribution < -0.4 is 10.6 Å². The van der Waals surface area contributed by atoms with Gasteiger partial charge in [0, 0.05) is 18.1 Å². The van der Waals surface area contributed by atoms with Crippen LogP contribution in [0, 0.1) is 0 Å². The Hall–Kier alpha value is 0.0700. The molecule has 2 heterocycles. The van der Waals surface area contributed by atoms with Crippen LogP contribution in [0.15, 0.2) is 0 Å². The average molecular weight is 251 g/mol. The van der Waals surface area contributed by atoms with E-state index in [-0.39, 0.29) is 18.3 Å². The summed E-state index contributed by atoms with van der Waals surface area (Å²) in [6.07, 6.45) is 6.79. The second-order valence-corrected chi connectivity index (χ2v) is 5.17. The summed E-state index contributed by atoms with van der Waals surface area (Å²) in [5.74, 6) is 0.794. The number of thioether (sulfide) groups is 1. The van der Waals surface area contributed by atoms with Crippen LogP contribution in [0.3, 0.4) is 0 Å². The molecule has 0 aromatic rings. The third-order valence-electron chi connectivity index (χ3n) is 3.11. The second-order valence-electron chi connectivity index (χ2n) is 4.31. The Morgan fingerprint density at radius 2 is 2.00 bits per heavy atom. The highest BCUT2D eigenvalue weighted by molar-refractivity contribution is 7.99. The number of hydrogen-bond donors (Lipinski definition) is 2. The topological polar surface area (TPSA) is 41.1 Å². The van der Waals surface area contributed by atoms with Crippen LogP contribution in [0.5, 0.6) is 0 Å². The molecule has 2 saturated heterocycles. The van der Waals surface area contributed by atoms with Gasteiger partial charge in [0.1, 0.15) is 0 Å². The molecule has 0 aromatic heterocycles. The molecule has 2 atom stereocenters. The van der Waals surface area contributed by atoms with E-state index in [1.165, 1.54) is 12.8 Å². The van der Waals surface area contributed by atoms with Crippen LogP contribution >= 0.6 is 24.2 Å². The van der Waals surface area contributed by atoms with Gasteiger partial charge in [-0.15, -0.1) is 12.4 Å². The number of nitrogens with one attached hydrogen (secondary N) is 2. The lowest BCUT2D eigenvalue weighted by molar-refractivity contribution is -0.119. The molecule has 2 aliphatic rings. The molecule has 2 fully saturated rings. The molecule has 0 radical (unpaired) electrons. The normalized spacial score (nSPS) is 33.3. The summed E-state index contributed by atoms with van der Waals surface area (Å²) in [4.78, 5) is 11.4. The van der Waals surface area contributed by atoms with Crippen LogP contribution in [0.25, 0.3) is 0 Å². The zero-order chi connectivity index (χ0) is 9.97. The van der Waals surface area contributed by atoms with Gasteiger partial charge >= 0.3 is 0 Å². The SMILES string of the molecule is CSCC(=O)NC1CC2CCC(C1)N2.Cl. The Morgan fingerprint density at radius 1 is 1.40 bits per heavy atom. The smallest absolute Gasteiger partial charge is 0.230 e. The average Bonchev–Trinajstić information content (AvgIpc) is 2.46. The lowest BCUT2D eigenvalue weighted by Crippen LogP contribution is -2.48. The van der Waals surface area contributed by atoms with E-state index in [0.717, 1.165) is 12.8 Å². The first-order valence-electron chi connectivity index (χ1n) is 5.32. The third-order valence-corrected chi connectivity index (χ3v) is 3.66. The summed E-state index contributed by atoms with van der Waals surface area (Å²) in [6.45, 7) is 0. The Balaban J connectivity index is 0.00000112. The van der Waals surface area contributed by atoms with Gasteiger partial charge in [-0.2, -0.15) is 11.8 Å². The lowest BCUT2D eigenvalue weighted by Gasteiger charge is -2.29. The second kappa shape index (κ2) is 5.97. The summed E-state index contributed by atoms with van der Waals surface area (Å²) >= 11 is 1.59. The number of carbonyl (C=O) groups is 1. The lowest BCUT2D eigenvalue weighted by atomic mass is 10.00. The Bertz CT molecular complexity index is 215. The largest absolute Gasteiger partial charge is 0.353 e. The monoisotopic (exact) mass is 250 g/mol. The summed E-state index contributed by atoms with van der Waals surface area (Å²) in [7, 11) is 0. The van der Waals surface area contributed by atoms with Gasteiger partial charge in [-0.25, -0.2) is 0 Å².